The Morgan fingerprint density at radius 3 is 2.00 bits per heavy atom. The molecule has 37 heavy (non-hydrogen) atoms. The number of likely N-dealkylation sites (N-methyl/N-ethyl adjacent to an activating group) is 1. The molecule has 1 aliphatic heterocycles. The lowest BCUT2D eigenvalue weighted by molar-refractivity contribution is -0.141. The summed E-state index contributed by atoms with van der Waals surface area (Å²) in [5, 5.41) is 3.07. The number of benzene rings is 1. The van der Waals surface area contributed by atoms with Crippen LogP contribution in [0, 0.1) is 17.3 Å². The zero-order valence-electron chi connectivity index (χ0n) is 24.5. The standard InChI is InChI=1S/C24H42N2O4S.C6H6/c1-11-30-22(29)16(4)14-18(15(2)3)26(10)21(28)19(23(5,6)7)25-20(27)17-12-13-31-24(17,8)9;1-2-4-6-5-3-1/h14-15,17-19H,11-13H2,1-10H3,(H,25,27);1-6H/b16-14+;/t17?,18-,19-;/m1./s1. The summed E-state index contributed by atoms with van der Waals surface area (Å²) in [6.45, 7) is 17.8. The molecule has 2 amide bonds. The van der Waals surface area contributed by atoms with E-state index in [1.54, 1.807) is 43.6 Å². The molecule has 0 bridgehead atoms. The number of hydrogen-bond acceptors (Lipinski definition) is 5. The third-order valence-corrected chi connectivity index (χ3v) is 8.07. The zero-order valence-corrected chi connectivity index (χ0v) is 25.3. The fourth-order valence-electron chi connectivity index (χ4n) is 4.28. The van der Waals surface area contributed by atoms with E-state index in [1.165, 1.54) is 0 Å². The zero-order chi connectivity index (χ0) is 28.4. The molecule has 1 aliphatic rings. The van der Waals surface area contributed by atoms with Gasteiger partial charge in [0.2, 0.25) is 11.8 Å². The highest BCUT2D eigenvalue weighted by atomic mass is 32.2. The monoisotopic (exact) mass is 532 g/mol. The van der Waals surface area contributed by atoms with Crippen LogP contribution in [0.2, 0.25) is 0 Å². The summed E-state index contributed by atoms with van der Waals surface area (Å²) in [5.41, 5.74) is 0.0134. The number of carbonyl (C=O) groups is 3. The SMILES string of the molecule is CCOC(=O)/C(C)=C/[C@H](C(C)C)N(C)C(=O)[C@@H](NC(=O)C1CCSC1(C)C)C(C)(C)C.c1ccccc1. The smallest absolute Gasteiger partial charge is 0.333 e. The van der Waals surface area contributed by atoms with Crippen LogP contribution in [0.3, 0.4) is 0 Å². The molecule has 0 aliphatic carbocycles. The summed E-state index contributed by atoms with van der Waals surface area (Å²) in [4.78, 5) is 40.4. The maximum Gasteiger partial charge on any atom is 0.333 e. The minimum Gasteiger partial charge on any atom is -0.463 e. The Bertz CT molecular complexity index is 879. The third kappa shape index (κ3) is 10.2. The molecule has 3 atom stereocenters. The van der Waals surface area contributed by atoms with Crippen molar-refractivity contribution < 1.29 is 19.1 Å². The van der Waals surface area contributed by atoms with Gasteiger partial charge in [-0.15, -0.1) is 0 Å². The maximum atomic E-state index is 13.6. The van der Waals surface area contributed by atoms with Crippen molar-refractivity contribution in [1.29, 1.82) is 0 Å². The summed E-state index contributed by atoms with van der Waals surface area (Å²) in [6, 6.07) is 11.0. The molecule has 2 rings (SSSR count). The molecule has 0 aromatic heterocycles. The van der Waals surface area contributed by atoms with Crippen molar-refractivity contribution in [1.82, 2.24) is 10.2 Å². The van der Waals surface area contributed by atoms with Gasteiger partial charge in [-0.1, -0.05) is 77.1 Å². The van der Waals surface area contributed by atoms with Crippen LogP contribution in [-0.2, 0) is 19.1 Å². The van der Waals surface area contributed by atoms with Crippen LogP contribution < -0.4 is 5.32 Å². The average molecular weight is 533 g/mol. The fourth-order valence-corrected chi connectivity index (χ4v) is 5.59. The average Bonchev–Trinajstić information content (AvgIpc) is 3.19. The third-order valence-electron chi connectivity index (χ3n) is 6.60. The predicted octanol–water partition coefficient (Wildman–Crippen LogP) is 5.73. The van der Waals surface area contributed by atoms with E-state index in [0.717, 1.165) is 12.2 Å². The Morgan fingerprint density at radius 1 is 1.11 bits per heavy atom. The fraction of sp³-hybridized carbons (Fsp3) is 0.633. The van der Waals surface area contributed by atoms with Gasteiger partial charge in [0, 0.05) is 17.4 Å². The Kier molecular flexibility index (Phi) is 12.9. The number of thioether (sulfide) groups is 1. The second-order valence-electron chi connectivity index (χ2n) is 11.5. The normalized spacial score (nSPS) is 18.8. The first-order valence-corrected chi connectivity index (χ1v) is 14.2. The van der Waals surface area contributed by atoms with Gasteiger partial charge in [-0.3, -0.25) is 9.59 Å². The number of hydrogen-bond donors (Lipinski definition) is 1. The van der Waals surface area contributed by atoms with Crippen molar-refractivity contribution >= 4 is 29.5 Å². The van der Waals surface area contributed by atoms with Crippen molar-refractivity contribution in [2.24, 2.45) is 17.3 Å². The molecule has 1 N–H and O–H groups in total. The second kappa shape index (κ2) is 14.6. The minimum atomic E-state index is -0.663. The summed E-state index contributed by atoms with van der Waals surface area (Å²) in [6.07, 6.45) is 2.61. The van der Waals surface area contributed by atoms with E-state index in [2.05, 4.69) is 19.2 Å². The van der Waals surface area contributed by atoms with Crippen molar-refractivity contribution in [3.63, 3.8) is 0 Å². The molecule has 7 heteroatoms. The number of nitrogens with zero attached hydrogens (tertiary/aromatic N) is 1. The van der Waals surface area contributed by atoms with Crippen LogP contribution >= 0.6 is 11.8 Å². The summed E-state index contributed by atoms with van der Waals surface area (Å²) < 4.78 is 4.95. The van der Waals surface area contributed by atoms with E-state index in [1.807, 2.05) is 71.0 Å². The van der Waals surface area contributed by atoms with Gasteiger partial charge in [0.15, 0.2) is 0 Å². The Hall–Kier alpha value is -2.28. The van der Waals surface area contributed by atoms with E-state index in [-0.39, 0.29) is 40.4 Å². The first kappa shape index (κ1) is 32.7. The van der Waals surface area contributed by atoms with E-state index in [4.69, 9.17) is 4.74 Å². The van der Waals surface area contributed by atoms with Crippen LogP contribution in [0.4, 0.5) is 0 Å². The van der Waals surface area contributed by atoms with Gasteiger partial charge >= 0.3 is 5.97 Å². The van der Waals surface area contributed by atoms with E-state index >= 15 is 0 Å². The lowest BCUT2D eigenvalue weighted by Gasteiger charge is -2.38. The summed E-state index contributed by atoms with van der Waals surface area (Å²) in [7, 11) is 1.74. The molecule has 1 fully saturated rings. The van der Waals surface area contributed by atoms with Gasteiger partial charge in [0.25, 0.3) is 0 Å². The lowest BCUT2D eigenvalue weighted by atomic mass is 9.83. The number of rotatable bonds is 8. The highest BCUT2D eigenvalue weighted by Crippen LogP contribution is 2.42. The lowest BCUT2D eigenvalue weighted by Crippen LogP contribution is -2.58. The number of carbonyl (C=O) groups excluding carboxylic acids is 3. The Balaban J connectivity index is 0.000000992. The van der Waals surface area contributed by atoms with Gasteiger partial charge in [-0.2, -0.15) is 11.8 Å². The van der Waals surface area contributed by atoms with Gasteiger partial charge in [-0.05, 0) is 51.2 Å². The topological polar surface area (TPSA) is 75.7 Å². The van der Waals surface area contributed by atoms with Crippen LogP contribution in [0.5, 0.6) is 0 Å². The molecule has 1 aromatic rings. The van der Waals surface area contributed by atoms with Gasteiger partial charge in [0.05, 0.1) is 18.6 Å². The van der Waals surface area contributed by atoms with E-state index in [9.17, 15) is 14.4 Å². The molecule has 1 aromatic carbocycles. The molecular formula is C30H48N2O4S. The van der Waals surface area contributed by atoms with Crippen LogP contribution in [-0.4, -0.2) is 58.9 Å². The number of ether oxygens (including phenoxy) is 1. The highest BCUT2D eigenvalue weighted by molar-refractivity contribution is 8.00. The minimum absolute atomic E-state index is 0.0592. The van der Waals surface area contributed by atoms with E-state index in [0.29, 0.717) is 12.2 Å². The molecule has 0 spiro atoms. The second-order valence-corrected chi connectivity index (χ2v) is 13.3. The summed E-state index contributed by atoms with van der Waals surface area (Å²) in [5.74, 6) is 0.321. The van der Waals surface area contributed by atoms with Crippen molar-refractivity contribution in [3.05, 3.63) is 48.0 Å². The first-order valence-electron chi connectivity index (χ1n) is 13.2. The molecule has 6 nitrogen and oxygen atoms in total. The Morgan fingerprint density at radius 2 is 1.62 bits per heavy atom. The number of amides is 2. The molecule has 0 radical (unpaired) electrons. The molecular weight excluding hydrogens is 484 g/mol. The molecule has 208 valence electrons. The molecule has 1 unspecified atom stereocenters. The number of esters is 1. The van der Waals surface area contributed by atoms with Crippen molar-refractivity contribution in [2.45, 2.75) is 85.6 Å². The first-order chi connectivity index (χ1) is 17.1. The van der Waals surface area contributed by atoms with Gasteiger partial charge in [-0.25, -0.2) is 4.79 Å². The van der Waals surface area contributed by atoms with Crippen LogP contribution in [0.1, 0.15) is 68.7 Å². The van der Waals surface area contributed by atoms with Crippen molar-refractivity contribution in [2.75, 3.05) is 19.4 Å². The van der Waals surface area contributed by atoms with Crippen LogP contribution in [0.25, 0.3) is 0 Å². The predicted molar refractivity (Wildman–Crippen MR) is 154 cm³/mol. The molecule has 1 heterocycles. The quantitative estimate of drug-likeness (QED) is 0.342. The van der Waals surface area contributed by atoms with Crippen molar-refractivity contribution in [3.8, 4) is 0 Å². The van der Waals surface area contributed by atoms with E-state index < -0.39 is 11.5 Å². The molecule has 0 saturated carbocycles. The van der Waals surface area contributed by atoms with Gasteiger partial charge in [0.1, 0.15) is 6.04 Å². The summed E-state index contributed by atoms with van der Waals surface area (Å²) >= 11 is 1.80. The Labute approximate surface area is 229 Å². The molecule has 1 saturated heterocycles. The van der Waals surface area contributed by atoms with Crippen LogP contribution in [0.15, 0.2) is 48.0 Å². The highest BCUT2D eigenvalue weighted by Gasteiger charge is 2.43. The number of nitrogens with one attached hydrogen (secondary N) is 1. The largest absolute Gasteiger partial charge is 0.463 e. The van der Waals surface area contributed by atoms with Gasteiger partial charge < -0.3 is 15.0 Å². The maximum absolute atomic E-state index is 13.6.